The van der Waals surface area contributed by atoms with Crippen LogP contribution in [0.1, 0.15) is 55.3 Å². The van der Waals surface area contributed by atoms with Crippen LogP contribution in [0.25, 0.3) is 0 Å². The topological polar surface area (TPSA) is 24.9 Å². The Hall–Kier alpha value is -1.19. The normalized spacial score (nSPS) is 11.8. The van der Waals surface area contributed by atoms with Gasteiger partial charge >= 0.3 is 0 Å². The summed E-state index contributed by atoms with van der Waals surface area (Å²) in [6.07, 6.45) is 2.22. The minimum absolute atomic E-state index is 0.0289. The van der Waals surface area contributed by atoms with Gasteiger partial charge in [-0.25, -0.2) is 4.98 Å². The standard InChI is InChI=1S/C18H26N2S/c1-5-10-15-16(13-19-6-2)21-17(20-15)18(3,4)14-11-8-7-9-12-14/h7-9,11-12,19H,5-6,10,13H2,1-4H3. The molecular weight excluding hydrogens is 276 g/mol. The molecule has 0 amide bonds. The summed E-state index contributed by atoms with van der Waals surface area (Å²) in [4.78, 5) is 6.38. The van der Waals surface area contributed by atoms with Crippen molar-refractivity contribution >= 4 is 11.3 Å². The van der Waals surface area contributed by atoms with E-state index < -0.39 is 0 Å². The predicted octanol–water partition coefficient (Wildman–Crippen LogP) is 4.53. The molecule has 0 aliphatic rings. The lowest BCUT2D eigenvalue weighted by molar-refractivity contribution is 0.630. The van der Waals surface area contributed by atoms with Crippen LogP contribution in [0.2, 0.25) is 0 Å². The molecule has 0 spiro atoms. The van der Waals surface area contributed by atoms with Crippen LogP contribution < -0.4 is 5.32 Å². The molecule has 2 nitrogen and oxygen atoms in total. The zero-order chi connectivity index (χ0) is 15.3. The van der Waals surface area contributed by atoms with Gasteiger partial charge in [-0.1, -0.05) is 50.6 Å². The molecule has 0 aliphatic carbocycles. The molecule has 0 bridgehead atoms. The van der Waals surface area contributed by atoms with E-state index in [1.807, 2.05) is 11.3 Å². The number of aryl methyl sites for hydroxylation is 1. The molecule has 2 aromatic rings. The molecule has 1 heterocycles. The van der Waals surface area contributed by atoms with Gasteiger partial charge < -0.3 is 5.32 Å². The van der Waals surface area contributed by atoms with Gasteiger partial charge in [-0.05, 0) is 32.4 Å². The number of nitrogens with zero attached hydrogens (tertiary/aromatic N) is 1. The van der Waals surface area contributed by atoms with Gasteiger partial charge in [-0.2, -0.15) is 0 Å². The summed E-state index contributed by atoms with van der Waals surface area (Å²) in [6.45, 7) is 10.9. The predicted molar refractivity (Wildman–Crippen MR) is 92.1 cm³/mol. The number of hydrogen-bond donors (Lipinski definition) is 1. The van der Waals surface area contributed by atoms with Crippen LogP contribution in [-0.4, -0.2) is 11.5 Å². The average molecular weight is 302 g/mol. The number of hydrogen-bond acceptors (Lipinski definition) is 3. The molecule has 1 N–H and O–H groups in total. The Labute approximate surface area is 132 Å². The Morgan fingerprint density at radius 1 is 1.14 bits per heavy atom. The third-order valence-corrected chi connectivity index (χ3v) is 5.25. The van der Waals surface area contributed by atoms with E-state index in [0.717, 1.165) is 25.9 Å². The molecule has 0 saturated carbocycles. The minimum atomic E-state index is -0.0289. The second-order valence-electron chi connectivity index (χ2n) is 5.91. The minimum Gasteiger partial charge on any atom is -0.312 e. The summed E-state index contributed by atoms with van der Waals surface area (Å²) >= 11 is 1.87. The van der Waals surface area contributed by atoms with Gasteiger partial charge in [-0.3, -0.25) is 0 Å². The highest BCUT2D eigenvalue weighted by molar-refractivity contribution is 7.12. The van der Waals surface area contributed by atoms with E-state index in [9.17, 15) is 0 Å². The summed E-state index contributed by atoms with van der Waals surface area (Å²) in [5.74, 6) is 0. The Balaban J connectivity index is 2.34. The van der Waals surface area contributed by atoms with Crippen LogP contribution in [0, 0.1) is 0 Å². The van der Waals surface area contributed by atoms with E-state index in [-0.39, 0.29) is 5.41 Å². The second-order valence-corrected chi connectivity index (χ2v) is 6.99. The molecule has 3 heteroatoms. The molecule has 0 fully saturated rings. The van der Waals surface area contributed by atoms with E-state index in [4.69, 9.17) is 4.98 Å². The monoisotopic (exact) mass is 302 g/mol. The van der Waals surface area contributed by atoms with Crippen molar-refractivity contribution in [3.8, 4) is 0 Å². The highest BCUT2D eigenvalue weighted by Gasteiger charge is 2.27. The van der Waals surface area contributed by atoms with Crippen LogP contribution >= 0.6 is 11.3 Å². The third-order valence-electron chi connectivity index (χ3n) is 3.83. The van der Waals surface area contributed by atoms with Crippen molar-refractivity contribution < 1.29 is 0 Å². The number of benzene rings is 1. The Morgan fingerprint density at radius 2 is 1.86 bits per heavy atom. The molecular formula is C18H26N2S. The quantitative estimate of drug-likeness (QED) is 0.812. The Kier molecular flexibility index (Phi) is 5.54. The maximum atomic E-state index is 4.98. The lowest BCUT2D eigenvalue weighted by Crippen LogP contribution is -2.18. The Bertz CT molecular complexity index is 558. The Morgan fingerprint density at radius 3 is 2.48 bits per heavy atom. The highest BCUT2D eigenvalue weighted by atomic mass is 32.1. The maximum Gasteiger partial charge on any atom is 0.103 e. The van der Waals surface area contributed by atoms with Gasteiger partial charge in [0.2, 0.25) is 0 Å². The van der Waals surface area contributed by atoms with Crippen molar-refractivity contribution in [3.05, 3.63) is 51.5 Å². The lowest BCUT2D eigenvalue weighted by Gasteiger charge is -2.22. The van der Waals surface area contributed by atoms with E-state index in [2.05, 4.69) is 63.3 Å². The van der Waals surface area contributed by atoms with Gasteiger partial charge in [-0.15, -0.1) is 11.3 Å². The molecule has 0 radical (unpaired) electrons. The fraction of sp³-hybridized carbons (Fsp3) is 0.500. The number of nitrogens with one attached hydrogen (secondary N) is 1. The van der Waals surface area contributed by atoms with Crippen LogP contribution in [0.3, 0.4) is 0 Å². The van der Waals surface area contributed by atoms with Crippen molar-refractivity contribution in [2.75, 3.05) is 6.54 Å². The fourth-order valence-corrected chi connectivity index (χ4v) is 3.64. The van der Waals surface area contributed by atoms with Gasteiger partial charge in [0, 0.05) is 16.8 Å². The maximum absolute atomic E-state index is 4.98. The third kappa shape index (κ3) is 3.72. The smallest absolute Gasteiger partial charge is 0.103 e. The van der Waals surface area contributed by atoms with Crippen molar-refractivity contribution in [1.29, 1.82) is 0 Å². The van der Waals surface area contributed by atoms with Gasteiger partial charge in [0.1, 0.15) is 5.01 Å². The highest BCUT2D eigenvalue weighted by Crippen LogP contribution is 2.35. The first-order valence-corrected chi connectivity index (χ1v) is 8.66. The van der Waals surface area contributed by atoms with Gasteiger partial charge in [0.05, 0.1) is 5.69 Å². The van der Waals surface area contributed by atoms with Crippen molar-refractivity contribution in [3.63, 3.8) is 0 Å². The number of aromatic nitrogens is 1. The average Bonchev–Trinajstić information content (AvgIpc) is 2.90. The molecule has 2 rings (SSSR count). The van der Waals surface area contributed by atoms with Gasteiger partial charge in [0.25, 0.3) is 0 Å². The van der Waals surface area contributed by atoms with Crippen LogP contribution in [-0.2, 0) is 18.4 Å². The summed E-state index contributed by atoms with van der Waals surface area (Å²) in [7, 11) is 0. The molecule has 1 aromatic carbocycles. The largest absolute Gasteiger partial charge is 0.312 e. The van der Waals surface area contributed by atoms with Crippen LogP contribution in [0.15, 0.2) is 30.3 Å². The zero-order valence-electron chi connectivity index (χ0n) is 13.6. The van der Waals surface area contributed by atoms with E-state index >= 15 is 0 Å². The summed E-state index contributed by atoms with van der Waals surface area (Å²) in [6, 6.07) is 10.7. The van der Waals surface area contributed by atoms with E-state index in [1.54, 1.807) is 0 Å². The first-order valence-electron chi connectivity index (χ1n) is 7.84. The fourth-order valence-electron chi connectivity index (χ4n) is 2.44. The molecule has 0 saturated heterocycles. The first-order chi connectivity index (χ1) is 10.1. The summed E-state index contributed by atoms with van der Waals surface area (Å²) < 4.78 is 0. The molecule has 1 aromatic heterocycles. The van der Waals surface area contributed by atoms with Gasteiger partial charge in [0.15, 0.2) is 0 Å². The molecule has 0 aliphatic heterocycles. The number of thiazole rings is 1. The van der Waals surface area contributed by atoms with Crippen molar-refractivity contribution in [2.45, 2.75) is 52.5 Å². The van der Waals surface area contributed by atoms with E-state index in [0.29, 0.717) is 0 Å². The van der Waals surface area contributed by atoms with Crippen LogP contribution in [0.4, 0.5) is 0 Å². The molecule has 114 valence electrons. The molecule has 0 unspecified atom stereocenters. The van der Waals surface area contributed by atoms with Crippen molar-refractivity contribution in [2.24, 2.45) is 0 Å². The second kappa shape index (κ2) is 7.19. The summed E-state index contributed by atoms with van der Waals surface area (Å²) in [5, 5.41) is 4.67. The number of rotatable bonds is 7. The van der Waals surface area contributed by atoms with Crippen LogP contribution in [0.5, 0.6) is 0 Å². The molecule has 21 heavy (non-hydrogen) atoms. The van der Waals surface area contributed by atoms with Crippen molar-refractivity contribution in [1.82, 2.24) is 10.3 Å². The molecule has 0 atom stereocenters. The summed E-state index contributed by atoms with van der Waals surface area (Å²) in [5.41, 5.74) is 2.58. The zero-order valence-corrected chi connectivity index (χ0v) is 14.4. The van der Waals surface area contributed by atoms with E-state index in [1.165, 1.54) is 21.1 Å². The lowest BCUT2D eigenvalue weighted by atomic mass is 9.85. The first kappa shape index (κ1) is 16.2. The SMILES string of the molecule is CCCc1nc(C(C)(C)c2ccccc2)sc1CNCC.